The number of aromatic nitrogens is 2. The molecule has 0 fully saturated rings. The number of hydrogen-bond donors (Lipinski definition) is 2. The van der Waals surface area contributed by atoms with E-state index < -0.39 is 0 Å². The molecule has 4 nitrogen and oxygen atoms in total. The number of H-pyrrole nitrogens is 1. The Kier molecular flexibility index (Phi) is 2.06. The Balaban J connectivity index is 2.32. The predicted octanol–water partition coefficient (Wildman–Crippen LogP) is 1.17. The quantitative estimate of drug-likeness (QED) is 0.693. The Bertz CT molecular complexity index is 343. The molecule has 0 aromatic carbocycles. The van der Waals surface area contributed by atoms with Gasteiger partial charge in [-0.3, -0.25) is 4.79 Å². The Labute approximate surface area is 83.1 Å². The van der Waals surface area contributed by atoms with E-state index in [0.717, 1.165) is 30.6 Å². The smallest absolute Gasteiger partial charge is 0.207 e. The van der Waals surface area contributed by atoms with E-state index in [1.54, 1.807) is 6.33 Å². The molecular weight excluding hydrogens is 178 g/mol. The van der Waals surface area contributed by atoms with Gasteiger partial charge in [-0.05, 0) is 18.3 Å². The van der Waals surface area contributed by atoms with E-state index in [1.165, 1.54) is 0 Å². The summed E-state index contributed by atoms with van der Waals surface area (Å²) < 4.78 is 0. The van der Waals surface area contributed by atoms with Crippen molar-refractivity contribution in [3.8, 4) is 0 Å². The third-order valence-electron chi connectivity index (χ3n) is 2.76. The summed E-state index contributed by atoms with van der Waals surface area (Å²) in [5.74, 6) is 0. The van der Waals surface area contributed by atoms with Crippen LogP contribution in [0.25, 0.3) is 0 Å². The average Bonchev–Trinajstić information content (AvgIpc) is 2.50. The standard InChI is InChI=1S/C10H15N3O/c1-10(2)3-7-9(12-5-11-7)8(4-10)13-6-14/h5-6,8H,3-4H2,1-2H3,(H,11,12)(H,13,14). The van der Waals surface area contributed by atoms with Gasteiger partial charge in [0.2, 0.25) is 6.41 Å². The third-order valence-corrected chi connectivity index (χ3v) is 2.76. The molecule has 0 saturated carbocycles. The van der Waals surface area contributed by atoms with E-state index in [0.29, 0.717) is 0 Å². The maximum atomic E-state index is 10.5. The van der Waals surface area contributed by atoms with Crippen molar-refractivity contribution in [2.75, 3.05) is 0 Å². The minimum absolute atomic E-state index is 0.0671. The van der Waals surface area contributed by atoms with Crippen LogP contribution in [-0.2, 0) is 11.2 Å². The monoisotopic (exact) mass is 193 g/mol. The molecule has 1 aliphatic rings. The van der Waals surface area contributed by atoms with Gasteiger partial charge in [0.1, 0.15) is 0 Å². The van der Waals surface area contributed by atoms with Crippen LogP contribution in [0, 0.1) is 5.41 Å². The second-order valence-electron chi connectivity index (χ2n) is 4.65. The first-order valence-electron chi connectivity index (χ1n) is 4.84. The van der Waals surface area contributed by atoms with Crippen molar-refractivity contribution in [3.63, 3.8) is 0 Å². The maximum absolute atomic E-state index is 10.5. The van der Waals surface area contributed by atoms with Gasteiger partial charge in [0.05, 0.1) is 18.1 Å². The van der Waals surface area contributed by atoms with Gasteiger partial charge < -0.3 is 10.3 Å². The highest BCUT2D eigenvalue weighted by Gasteiger charge is 2.33. The van der Waals surface area contributed by atoms with Gasteiger partial charge in [0.15, 0.2) is 0 Å². The number of rotatable bonds is 2. The molecule has 1 amide bonds. The molecule has 1 heterocycles. The fourth-order valence-electron chi connectivity index (χ4n) is 2.19. The van der Waals surface area contributed by atoms with Crippen LogP contribution in [0.4, 0.5) is 0 Å². The number of nitrogens with zero attached hydrogens (tertiary/aromatic N) is 1. The van der Waals surface area contributed by atoms with Crippen LogP contribution < -0.4 is 5.32 Å². The summed E-state index contributed by atoms with van der Waals surface area (Å²) in [5, 5.41) is 2.82. The molecule has 0 spiro atoms. The van der Waals surface area contributed by atoms with Gasteiger partial charge in [-0.1, -0.05) is 13.8 Å². The van der Waals surface area contributed by atoms with E-state index in [-0.39, 0.29) is 11.5 Å². The van der Waals surface area contributed by atoms with E-state index >= 15 is 0 Å². The lowest BCUT2D eigenvalue weighted by Gasteiger charge is -2.33. The molecule has 76 valence electrons. The Morgan fingerprint density at radius 1 is 1.71 bits per heavy atom. The Hall–Kier alpha value is -1.32. The number of fused-ring (bicyclic) bond motifs is 1. The van der Waals surface area contributed by atoms with E-state index in [1.807, 2.05) is 0 Å². The molecule has 1 unspecified atom stereocenters. The summed E-state index contributed by atoms with van der Waals surface area (Å²) in [6.45, 7) is 4.41. The minimum Gasteiger partial charge on any atom is -0.350 e. The zero-order valence-corrected chi connectivity index (χ0v) is 8.50. The van der Waals surface area contributed by atoms with Crippen molar-refractivity contribution in [1.82, 2.24) is 15.3 Å². The molecule has 0 aliphatic heterocycles. The highest BCUT2D eigenvalue weighted by atomic mass is 16.1. The Morgan fingerprint density at radius 3 is 3.21 bits per heavy atom. The first kappa shape index (κ1) is 9.24. The maximum Gasteiger partial charge on any atom is 0.207 e. The molecule has 0 bridgehead atoms. The molecule has 2 rings (SSSR count). The number of carbonyl (C=O) groups excluding carboxylic acids is 1. The van der Waals surface area contributed by atoms with Crippen LogP contribution in [0.3, 0.4) is 0 Å². The van der Waals surface area contributed by atoms with Crippen LogP contribution in [0.1, 0.15) is 37.7 Å². The number of amides is 1. The van der Waals surface area contributed by atoms with Gasteiger partial charge in [0.25, 0.3) is 0 Å². The van der Waals surface area contributed by atoms with E-state index in [4.69, 9.17) is 0 Å². The molecule has 4 heteroatoms. The first-order chi connectivity index (χ1) is 6.62. The lowest BCUT2D eigenvalue weighted by molar-refractivity contribution is -0.110. The van der Waals surface area contributed by atoms with Gasteiger partial charge in [0, 0.05) is 5.69 Å². The predicted molar refractivity (Wildman–Crippen MR) is 52.6 cm³/mol. The normalized spacial score (nSPS) is 24.0. The second kappa shape index (κ2) is 3.12. The van der Waals surface area contributed by atoms with E-state index in [2.05, 4.69) is 29.1 Å². The summed E-state index contributed by atoms with van der Waals surface area (Å²) in [6, 6.07) is 0.0671. The highest BCUT2D eigenvalue weighted by molar-refractivity contribution is 5.48. The van der Waals surface area contributed by atoms with Crippen molar-refractivity contribution in [1.29, 1.82) is 0 Å². The van der Waals surface area contributed by atoms with Crippen LogP contribution in [0.5, 0.6) is 0 Å². The van der Waals surface area contributed by atoms with Crippen LogP contribution in [0.2, 0.25) is 0 Å². The second-order valence-corrected chi connectivity index (χ2v) is 4.65. The van der Waals surface area contributed by atoms with Crippen molar-refractivity contribution >= 4 is 6.41 Å². The Morgan fingerprint density at radius 2 is 2.50 bits per heavy atom. The summed E-state index contributed by atoms with van der Waals surface area (Å²) in [5.41, 5.74) is 2.37. The van der Waals surface area contributed by atoms with Gasteiger partial charge in [-0.15, -0.1) is 0 Å². The summed E-state index contributed by atoms with van der Waals surface area (Å²) in [6.07, 6.45) is 4.40. The summed E-state index contributed by atoms with van der Waals surface area (Å²) in [4.78, 5) is 17.8. The van der Waals surface area contributed by atoms with Gasteiger partial charge in [-0.25, -0.2) is 4.98 Å². The fraction of sp³-hybridized carbons (Fsp3) is 0.600. The third kappa shape index (κ3) is 1.52. The van der Waals surface area contributed by atoms with Crippen LogP contribution >= 0.6 is 0 Å². The van der Waals surface area contributed by atoms with Crippen molar-refractivity contribution < 1.29 is 4.79 Å². The zero-order chi connectivity index (χ0) is 10.2. The van der Waals surface area contributed by atoms with Crippen molar-refractivity contribution in [2.45, 2.75) is 32.7 Å². The average molecular weight is 193 g/mol. The number of hydrogen-bond acceptors (Lipinski definition) is 2. The highest BCUT2D eigenvalue weighted by Crippen LogP contribution is 2.38. The fourth-order valence-corrected chi connectivity index (χ4v) is 2.19. The number of nitrogens with one attached hydrogen (secondary N) is 2. The van der Waals surface area contributed by atoms with Crippen molar-refractivity contribution in [2.24, 2.45) is 5.41 Å². The summed E-state index contributed by atoms with van der Waals surface area (Å²) >= 11 is 0. The SMILES string of the molecule is CC1(C)Cc2[nH]cnc2C(NC=O)C1. The molecule has 1 aromatic rings. The summed E-state index contributed by atoms with van der Waals surface area (Å²) in [7, 11) is 0. The lowest BCUT2D eigenvalue weighted by Crippen LogP contribution is -2.32. The van der Waals surface area contributed by atoms with Crippen LogP contribution in [0.15, 0.2) is 6.33 Å². The van der Waals surface area contributed by atoms with Crippen LogP contribution in [-0.4, -0.2) is 16.4 Å². The topological polar surface area (TPSA) is 57.8 Å². The lowest BCUT2D eigenvalue weighted by atomic mass is 9.75. The molecule has 0 saturated heterocycles. The molecule has 1 aromatic heterocycles. The number of carbonyl (C=O) groups is 1. The number of aromatic amines is 1. The molecule has 14 heavy (non-hydrogen) atoms. The molecule has 1 aliphatic carbocycles. The number of imidazole rings is 1. The van der Waals surface area contributed by atoms with E-state index in [9.17, 15) is 4.79 Å². The first-order valence-corrected chi connectivity index (χ1v) is 4.84. The minimum atomic E-state index is 0.0671. The molecule has 2 N–H and O–H groups in total. The molecule has 1 atom stereocenters. The van der Waals surface area contributed by atoms with Crippen molar-refractivity contribution in [3.05, 3.63) is 17.7 Å². The molecule has 0 radical (unpaired) electrons. The largest absolute Gasteiger partial charge is 0.350 e. The van der Waals surface area contributed by atoms with Gasteiger partial charge in [-0.2, -0.15) is 0 Å². The molecular formula is C10H15N3O. The van der Waals surface area contributed by atoms with Gasteiger partial charge >= 0.3 is 0 Å². The zero-order valence-electron chi connectivity index (χ0n) is 8.50.